The largest absolute Gasteiger partial charge is 0.772 e. The summed E-state index contributed by atoms with van der Waals surface area (Å²) in [6.07, 6.45) is 0.154. The first-order chi connectivity index (χ1) is 11.2. The van der Waals surface area contributed by atoms with Gasteiger partial charge in [-0.05, 0) is 23.8 Å². The molecule has 0 spiro atoms. The van der Waals surface area contributed by atoms with Crippen LogP contribution in [0.4, 0.5) is 0 Å². The van der Waals surface area contributed by atoms with Gasteiger partial charge in [0, 0.05) is 11.3 Å². The van der Waals surface area contributed by atoms with E-state index < -0.39 is 11.1 Å². The second kappa shape index (κ2) is 7.59. The molecule has 0 saturated carbocycles. The Kier molecular flexibility index (Phi) is 5.27. The molecule has 3 rings (SSSR count). The molecule has 1 aliphatic rings. The lowest BCUT2D eigenvalue weighted by Gasteiger charge is -2.15. The Bertz CT molecular complexity index is 670. The van der Waals surface area contributed by atoms with Crippen LogP contribution in [0.25, 0.3) is 0 Å². The molecule has 1 heterocycles. The van der Waals surface area contributed by atoms with Gasteiger partial charge in [-0.3, -0.25) is 4.21 Å². The first-order valence-corrected chi connectivity index (χ1v) is 8.55. The van der Waals surface area contributed by atoms with E-state index in [-0.39, 0.29) is 11.9 Å². The van der Waals surface area contributed by atoms with Crippen molar-refractivity contribution in [2.24, 2.45) is 0 Å². The molecule has 6 heteroatoms. The summed E-state index contributed by atoms with van der Waals surface area (Å²) in [5.74, 6) is 1.06. The Morgan fingerprint density at radius 3 is 2.65 bits per heavy atom. The van der Waals surface area contributed by atoms with Crippen LogP contribution in [0.3, 0.4) is 0 Å². The molecule has 0 amide bonds. The molecule has 2 aromatic carbocycles. The zero-order valence-electron chi connectivity index (χ0n) is 12.5. The minimum absolute atomic E-state index is 0.110. The lowest BCUT2D eigenvalue weighted by atomic mass is 10.2. The topological polar surface area (TPSA) is 71.1 Å². The second-order valence-electron chi connectivity index (χ2n) is 5.26. The highest BCUT2D eigenvalue weighted by Crippen LogP contribution is 2.27. The number of hydrogen-bond acceptors (Lipinski definition) is 5. The highest BCUT2D eigenvalue weighted by molar-refractivity contribution is 7.78. The van der Waals surface area contributed by atoms with Crippen LogP contribution in [0.1, 0.15) is 11.1 Å². The summed E-state index contributed by atoms with van der Waals surface area (Å²) in [6.45, 7) is 1.58. The molecule has 0 aromatic heterocycles. The summed E-state index contributed by atoms with van der Waals surface area (Å²) in [7, 11) is 0. The maximum Gasteiger partial charge on any atom is 0.124 e. The number of epoxide rings is 1. The molecule has 1 unspecified atom stereocenters. The lowest BCUT2D eigenvalue weighted by Crippen LogP contribution is -2.06. The number of hydrogen-bond donors (Lipinski definition) is 0. The van der Waals surface area contributed by atoms with Gasteiger partial charge in [0.05, 0.1) is 6.61 Å². The van der Waals surface area contributed by atoms with Crippen LogP contribution < -0.4 is 9.47 Å². The Balaban J connectivity index is 1.69. The van der Waals surface area contributed by atoms with E-state index in [0.29, 0.717) is 30.3 Å². The van der Waals surface area contributed by atoms with Crippen molar-refractivity contribution in [2.45, 2.75) is 18.5 Å². The molecule has 1 saturated heterocycles. The van der Waals surface area contributed by atoms with Crippen molar-refractivity contribution < 1.29 is 23.0 Å². The van der Waals surface area contributed by atoms with Gasteiger partial charge in [-0.2, -0.15) is 0 Å². The van der Waals surface area contributed by atoms with E-state index >= 15 is 0 Å². The van der Waals surface area contributed by atoms with Gasteiger partial charge in [0.2, 0.25) is 0 Å². The highest BCUT2D eigenvalue weighted by atomic mass is 32.2. The number of rotatable bonds is 8. The average Bonchev–Trinajstić information content (AvgIpc) is 3.37. The van der Waals surface area contributed by atoms with Crippen molar-refractivity contribution in [1.82, 2.24) is 0 Å². The molecule has 1 aliphatic heterocycles. The summed E-state index contributed by atoms with van der Waals surface area (Å²) in [4.78, 5) is 0. The number of benzene rings is 2. The van der Waals surface area contributed by atoms with Crippen molar-refractivity contribution in [3.8, 4) is 11.5 Å². The first-order valence-electron chi connectivity index (χ1n) is 7.30. The molecule has 0 aliphatic carbocycles. The van der Waals surface area contributed by atoms with Crippen LogP contribution in [-0.4, -0.2) is 28.1 Å². The average molecular weight is 333 g/mol. The standard InChI is InChI=1S/C17H18O5S/c18-23(19)12-14-8-15(20-10-16-11-21-16)6-7-17(14)22-9-13-4-2-1-3-5-13/h1-8,16H,9-12H2,(H,18,19)/p-1/t16-/m1/s1. The second-order valence-corrected chi connectivity index (χ2v) is 6.15. The summed E-state index contributed by atoms with van der Waals surface area (Å²) in [5.41, 5.74) is 1.61. The molecule has 0 N–H and O–H groups in total. The molecular formula is C17H17O5S-. The van der Waals surface area contributed by atoms with Crippen LogP contribution in [-0.2, 0) is 28.2 Å². The van der Waals surface area contributed by atoms with Crippen molar-refractivity contribution in [1.29, 1.82) is 0 Å². The molecule has 2 aromatic rings. The molecule has 0 bridgehead atoms. The Morgan fingerprint density at radius 2 is 1.96 bits per heavy atom. The van der Waals surface area contributed by atoms with Crippen LogP contribution >= 0.6 is 0 Å². The van der Waals surface area contributed by atoms with Gasteiger partial charge in [0.1, 0.15) is 30.8 Å². The van der Waals surface area contributed by atoms with Gasteiger partial charge in [0.25, 0.3) is 0 Å². The van der Waals surface area contributed by atoms with Crippen molar-refractivity contribution in [2.75, 3.05) is 13.2 Å². The van der Waals surface area contributed by atoms with Crippen LogP contribution in [0.15, 0.2) is 48.5 Å². The SMILES string of the molecule is O=S([O-])Cc1cc(OC[C@@H]2CO2)ccc1OCc1ccccc1. The fourth-order valence-corrected chi connectivity index (χ4v) is 2.59. The third-order valence-electron chi connectivity index (χ3n) is 3.38. The van der Waals surface area contributed by atoms with Crippen molar-refractivity contribution >= 4 is 11.1 Å². The normalized spacial score (nSPS) is 17.5. The predicted molar refractivity (Wildman–Crippen MR) is 85.1 cm³/mol. The molecule has 122 valence electrons. The van der Waals surface area contributed by atoms with E-state index in [2.05, 4.69) is 0 Å². The van der Waals surface area contributed by atoms with E-state index in [4.69, 9.17) is 14.2 Å². The molecule has 2 atom stereocenters. The van der Waals surface area contributed by atoms with E-state index in [1.54, 1.807) is 18.2 Å². The van der Waals surface area contributed by atoms with Gasteiger partial charge < -0.3 is 18.8 Å². The quantitative estimate of drug-likeness (QED) is 0.548. The van der Waals surface area contributed by atoms with Gasteiger partial charge in [-0.15, -0.1) is 0 Å². The van der Waals surface area contributed by atoms with Crippen LogP contribution in [0.2, 0.25) is 0 Å². The fourth-order valence-electron chi connectivity index (χ4n) is 2.11. The maximum absolute atomic E-state index is 11.1. The lowest BCUT2D eigenvalue weighted by molar-refractivity contribution is 0.261. The summed E-state index contributed by atoms with van der Waals surface area (Å²) in [6, 6.07) is 14.9. The van der Waals surface area contributed by atoms with Crippen molar-refractivity contribution in [3.63, 3.8) is 0 Å². The Morgan fingerprint density at radius 1 is 1.17 bits per heavy atom. The van der Waals surface area contributed by atoms with Crippen LogP contribution in [0, 0.1) is 0 Å². The zero-order valence-corrected chi connectivity index (χ0v) is 13.3. The molecule has 5 nitrogen and oxygen atoms in total. The van der Waals surface area contributed by atoms with Gasteiger partial charge in [-0.25, -0.2) is 0 Å². The highest BCUT2D eigenvalue weighted by Gasteiger charge is 2.23. The summed E-state index contributed by atoms with van der Waals surface area (Å²) < 4.78 is 38.6. The maximum atomic E-state index is 11.1. The molecule has 0 radical (unpaired) electrons. The molecule has 1 fully saturated rings. The third kappa shape index (κ3) is 5.06. The number of ether oxygens (including phenoxy) is 3. The van der Waals surface area contributed by atoms with E-state index in [0.717, 1.165) is 12.2 Å². The summed E-state index contributed by atoms with van der Waals surface area (Å²) >= 11 is -2.19. The zero-order chi connectivity index (χ0) is 16.1. The molecular weight excluding hydrogens is 316 g/mol. The minimum Gasteiger partial charge on any atom is -0.772 e. The third-order valence-corrected chi connectivity index (χ3v) is 3.93. The Labute approximate surface area is 137 Å². The van der Waals surface area contributed by atoms with Gasteiger partial charge in [-0.1, -0.05) is 41.4 Å². The van der Waals surface area contributed by atoms with E-state index in [9.17, 15) is 8.76 Å². The molecule has 23 heavy (non-hydrogen) atoms. The fraction of sp³-hybridized carbons (Fsp3) is 0.294. The van der Waals surface area contributed by atoms with Crippen LogP contribution in [0.5, 0.6) is 11.5 Å². The van der Waals surface area contributed by atoms with E-state index in [1.807, 2.05) is 30.3 Å². The predicted octanol–water partition coefficient (Wildman–Crippen LogP) is 2.42. The Hall–Kier alpha value is -1.89. The first kappa shape index (κ1) is 16.0. The minimum atomic E-state index is -2.19. The van der Waals surface area contributed by atoms with Gasteiger partial charge in [0.15, 0.2) is 0 Å². The smallest absolute Gasteiger partial charge is 0.124 e. The van der Waals surface area contributed by atoms with E-state index in [1.165, 1.54) is 0 Å². The van der Waals surface area contributed by atoms with Crippen molar-refractivity contribution in [3.05, 3.63) is 59.7 Å². The summed E-state index contributed by atoms with van der Waals surface area (Å²) in [5, 5.41) is 0. The van der Waals surface area contributed by atoms with Gasteiger partial charge >= 0.3 is 0 Å². The monoisotopic (exact) mass is 333 g/mol.